The van der Waals surface area contributed by atoms with Crippen LogP contribution < -0.4 is 0 Å². The van der Waals surface area contributed by atoms with Crippen molar-refractivity contribution < 1.29 is 9.84 Å². The maximum absolute atomic E-state index is 8.93. The quantitative estimate of drug-likeness (QED) is 0.691. The Hall–Kier alpha value is -0.0800. The van der Waals surface area contributed by atoms with Gasteiger partial charge in [-0.1, -0.05) is 0 Å². The van der Waals surface area contributed by atoms with Gasteiger partial charge in [-0.25, -0.2) is 0 Å². The van der Waals surface area contributed by atoms with Crippen LogP contribution in [0.5, 0.6) is 0 Å². The number of ether oxygens (including phenoxy) is 1. The van der Waals surface area contributed by atoms with Gasteiger partial charge in [-0.05, 0) is 43.4 Å². The molecule has 0 aromatic heterocycles. The van der Waals surface area contributed by atoms with Crippen molar-refractivity contribution in [2.24, 2.45) is 17.8 Å². The molecule has 1 aliphatic heterocycles. The van der Waals surface area contributed by atoms with Gasteiger partial charge in [0.15, 0.2) is 0 Å². The highest BCUT2D eigenvalue weighted by Crippen LogP contribution is 2.44. The molecule has 2 heteroatoms. The second kappa shape index (κ2) is 3.75. The summed E-state index contributed by atoms with van der Waals surface area (Å²) >= 11 is 0. The zero-order valence-electron chi connectivity index (χ0n) is 7.54. The van der Waals surface area contributed by atoms with Crippen LogP contribution in [0, 0.1) is 17.8 Å². The zero-order chi connectivity index (χ0) is 8.39. The SMILES string of the molecule is OCCC(C1CC1)C1CCOC1. The molecule has 12 heavy (non-hydrogen) atoms. The first-order valence-corrected chi connectivity index (χ1v) is 5.10. The minimum atomic E-state index is 0.359. The predicted molar refractivity (Wildman–Crippen MR) is 46.8 cm³/mol. The topological polar surface area (TPSA) is 29.5 Å². The zero-order valence-corrected chi connectivity index (χ0v) is 7.54. The highest BCUT2D eigenvalue weighted by Gasteiger charge is 2.37. The average Bonchev–Trinajstić information content (AvgIpc) is 2.77. The molecule has 1 aliphatic carbocycles. The minimum Gasteiger partial charge on any atom is -0.396 e. The minimum absolute atomic E-state index is 0.359. The van der Waals surface area contributed by atoms with Crippen molar-refractivity contribution >= 4 is 0 Å². The molecule has 2 nitrogen and oxygen atoms in total. The fourth-order valence-corrected chi connectivity index (χ4v) is 2.42. The lowest BCUT2D eigenvalue weighted by atomic mass is 9.85. The van der Waals surface area contributed by atoms with Gasteiger partial charge in [0.25, 0.3) is 0 Å². The fraction of sp³-hybridized carbons (Fsp3) is 1.00. The molecule has 1 saturated carbocycles. The van der Waals surface area contributed by atoms with E-state index in [1.807, 2.05) is 0 Å². The van der Waals surface area contributed by atoms with Gasteiger partial charge in [0.2, 0.25) is 0 Å². The summed E-state index contributed by atoms with van der Waals surface area (Å²) in [7, 11) is 0. The van der Waals surface area contributed by atoms with E-state index < -0.39 is 0 Å². The molecule has 2 fully saturated rings. The summed E-state index contributed by atoms with van der Waals surface area (Å²) in [5.74, 6) is 2.44. The number of aliphatic hydroxyl groups excluding tert-OH is 1. The molecule has 1 heterocycles. The predicted octanol–water partition coefficient (Wildman–Crippen LogP) is 1.43. The van der Waals surface area contributed by atoms with E-state index in [1.165, 1.54) is 19.3 Å². The van der Waals surface area contributed by atoms with E-state index in [2.05, 4.69) is 0 Å². The van der Waals surface area contributed by atoms with Crippen LogP contribution in [-0.4, -0.2) is 24.9 Å². The molecule has 0 spiro atoms. The van der Waals surface area contributed by atoms with E-state index in [-0.39, 0.29) is 0 Å². The van der Waals surface area contributed by atoms with E-state index in [1.54, 1.807) is 0 Å². The van der Waals surface area contributed by atoms with Gasteiger partial charge < -0.3 is 9.84 Å². The van der Waals surface area contributed by atoms with E-state index in [0.29, 0.717) is 6.61 Å². The molecule has 70 valence electrons. The summed E-state index contributed by atoms with van der Waals surface area (Å²) in [6.07, 6.45) is 5.00. The molecule has 0 bridgehead atoms. The van der Waals surface area contributed by atoms with Crippen molar-refractivity contribution in [1.82, 2.24) is 0 Å². The van der Waals surface area contributed by atoms with Crippen molar-refractivity contribution in [2.75, 3.05) is 19.8 Å². The highest BCUT2D eigenvalue weighted by atomic mass is 16.5. The monoisotopic (exact) mass is 170 g/mol. The van der Waals surface area contributed by atoms with Gasteiger partial charge >= 0.3 is 0 Å². The first-order chi connectivity index (χ1) is 5.92. The van der Waals surface area contributed by atoms with Crippen molar-refractivity contribution in [1.29, 1.82) is 0 Å². The first kappa shape index (κ1) is 8.52. The summed E-state index contributed by atoms with van der Waals surface area (Å²) in [6, 6.07) is 0. The van der Waals surface area contributed by atoms with Crippen LogP contribution in [0.2, 0.25) is 0 Å². The number of aliphatic hydroxyl groups is 1. The average molecular weight is 170 g/mol. The molecule has 0 aromatic rings. The lowest BCUT2D eigenvalue weighted by Gasteiger charge is -2.20. The highest BCUT2D eigenvalue weighted by molar-refractivity contribution is 4.86. The van der Waals surface area contributed by atoms with Gasteiger partial charge in [-0.2, -0.15) is 0 Å². The lowest BCUT2D eigenvalue weighted by Crippen LogP contribution is -2.18. The number of hydrogen-bond acceptors (Lipinski definition) is 2. The molecular formula is C10H18O2. The third kappa shape index (κ3) is 1.80. The third-order valence-electron chi connectivity index (χ3n) is 3.26. The maximum atomic E-state index is 8.93. The van der Waals surface area contributed by atoms with Crippen LogP contribution in [0.4, 0.5) is 0 Å². The van der Waals surface area contributed by atoms with E-state index in [4.69, 9.17) is 9.84 Å². The van der Waals surface area contributed by atoms with E-state index >= 15 is 0 Å². The summed E-state index contributed by atoms with van der Waals surface area (Å²) in [5.41, 5.74) is 0. The Kier molecular flexibility index (Phi) is 2.66. The van der Waals surface area contributed by atoms with Crippen LogP contribution in [0.1, 0.15) is 25.7 Å². The molecule has 0 radical (unpaired) electrons. The van der Waals surface area contributed by atoms with Gasteiger partial charge in [0.05, 0.1) is 0 Å². The van der Waals surface area contributed by atoms with Crippen molar-refractivity contribution in [3.05, 3.63) is 0 Å². The first-order valence-electron chi connectivity index (χ1n) is 5.10. The summed E-state index contributed by atoms with van der Waals surface area (Å²) in [6.45, 7) is 2.25. The van der Waals surface area contributed by atoms with Crippen molar-refractivity contribution in [2.45, 2.75) is 25.7 Å². The van der Waals surface area contributed by atoms with Crippen LogP contribution in [-0.2, 0) is 4.74 Å². The second-order valence-corrected chi connectivity index (χ2v) is 4.14. The van der Waals surface area contributed by atoms with Crippen LogP contribution in [0.15, 0.2) is 0 Å². The molecule has 0 amide bonds. The Bertz CT molecular complexity index is 137. The van der Waals surface area contributed by atoms with Crippen LogP contribution in [0.3, 0.4) is 0 Å². The Morgan fingerprint density at radius 1 is 1.25 bits per heavy atom. The molecular weight excluding hydrogens is 152 g/mol. The standard InChI is InChI=1S/C10H18O2/c11-5-3-10(8-1-2-8)9-4-6-12-7-9/h8-11H,1-7H2. The van der Waals surface area contributed by atoms with Gasteiger partial charge in [-0.15, -0.1) is 0 Å². The third-order valence-corrected chi connectivity index (χ3v) is 3.26. The molecule has 1 saturated heterocycles. The number of hydrogen-bond donors (Lipinski definition) is 1. The maximum Gasteiger partial charge on any atom is 0.0497 e. The fourth-order valence-electron chi connectivity index (χ4n) is 2.42. The molecule has 1 N–H and O–H groups in total. The smallest absolute Gasteiger partial charge is 0.0497 e. The Morgan fingerprint density at radius 2 is 2.08 bits per heavy atom. The molecule has 0 aromatic carbocycles. The van der Waals surface area contributed by atoms with Crippen molar-refractivity contribution in [3.63, 3.8) is 0 Å². The second-order valence-electron chi connectivity index (χ2n) is 4.14. The molecule has 2 unspecified atom stereocenters. The Balaban J connectivity index is 1.85. The van der Waals surface area contributed by atoms with Crippen LogP contribution >= 0.6 is 0 Å². The van der Waals surface area contributed by atoms with Crippen LogP contribution in [0.25, 0.3) is 0 Å². The Morgan fingerprint density at radius 3 is 2.58 bits per heavy atom. The number of rotatable bonds is 4. The molecule has 2 atom stereocenters. The Labute approximate surface area is 73.9 Å². The van der Waals surface area contributed by atoms with Crippen molar-refractivity contribution in [3.8, 4) is 0 Å². The summed E-state index contributed by atoms with van der Waals surface area (Å²) < 4.78 is 5.38. The lowest BCUT2D eigenvalue weighted by molar-refractivity contribution is 0.151. The van der Waals surface area contributed by atoms with Gasteiger partial charge in [0.1, 0.15) is 0 Å². The summed E-state index contributed by atoms with van der Waals surface area (Å²) in [5, 5.41) is 8.93. The normalized spacial score (nSPS) is 32.2. The molecule has 2 rings (SSSR count). The molecule has 2 aliphatic rings. The van der Waals surface area contributed by atoms with E-state index in [0.717, 1.165) is 37.4 Å². The van der Waals surface area contributed by atoms with Gasteiger partial charge in [0, 0.05) is 19.8 Å². The van der Waals surface area contributed by atoms with Gasteiger partial charge in [-0.3, -0.25) is 0 Å². The summed E-state index contributed by atoms with van der Waals surface area (Å²) in [4.78, 5) is 0. The van der Waals surface area contributed by atoms with E-state index in [9.17, 15) is 0 Å². The largest absolute Gasteiger partial charge is 0.396 e.